The third-order valence-corrected chi connectivity index (χ3v) is 4.35. The van der Waals surface area contributed by atoms with Crippen molar-refractivity contribution < 1.29 is 0 Å². The van der Waals surface area contributed by atoms with Crippen LogP contribution < -0.4 is 5.73 Å². The molecule has 2 heterocycles. The minimum atomic E-state index is 0.251. The molecule has 0 aliphatic heterocycles. The van der Waals surface area contributed by atoms with Crippen LogP contribution in [-0.4, -0.2) is 30.8 Å². The molecule has 0 atom stereocenters. The molecule has 0 saturated heterocycles. The van der Waals surface area contributed by atoms with Crippen LogP contribution in [-0.2, 0) is 0 Å². The van der Waals surface area contributed by atoms with Crippen LogP contribution in [0.4, 0.5) is 5.95 Å². The summed E-state index contributed by atoms with van der Waals surface area (Å²) < 4.78 is 2.22. The van der Waals surface area contributed by atoms with Crippen LogP contribution in [0.1, 0.15) is 0 Å². The van der Waals surface area contributed by atoms with E-state index in [9.17, 15) is 0 Å². The number of anilines is 1. The first-order chi connectivity index (χ1) is 9.58. The average Bonchev–Trinajstić information content (AvgIpc) is 2.86. The number of thioether (sulfide) groups is 1. The number of fused-ring (bicyclic) bond motifs is 1. The van der Waals surface area contributed by atoms with Gasteiger partial charge in [0.25, 0.3) is 5.78 Å². The fourth-order valence-corrected chi connectivity index (χ4v) is 2.42. The highest BCUT2D eigenvalue weighted by Crippen LogP contribution is 2.27. The molecule has 6 nitrogen and oxygen atoms in total. The Hall–Kier alpha value is -1.38. The Bertz CT molecular complexity index is 805. The number of rotatable bonds is 2. The van der Waals surface area contributed by atoms with Crippen LogP contribution in [0.15, 0.2) is 27.8 Å². The van der Waals surface area contributed by atoms with E-state index in [-0.39, 0.29) is 5.95 Å². The molecular formula is C11H8BrClN6S. The molecule has 2 aromatic heterocycles. The maximum atomic E-state index is 6.08. The molecule has 0 saturated carbocycles. The van der Waals surface area contributed by atoms with E-state index in [4.69, 9.17) is 17.3 Å². The SMILES string of the molecule is CSc1nc(N)n2nc(-c3ccc(Br)c(Cl)c3)nc2n1. The van der Waals surface area contributed by atoms with E-state index < -0.39 is 0 Å². The van der Waals surface area contributed by atoms with E-state index in [0.29, 0.717) is 21.8 Å². The van der Waals surface area contributed by atoms with Crippen molar-refractivity contribution in [2.24, 2.45) is 0 Å². The Morgan fingerprint density at radius 1 is 1.30 bits per heavy atom. The molecule has 0 spiro atoms. The van der Waals surface area contributed by atoms with Gasteiger partial charge in [0.1, 0.15) is 0 Å². The summed E-state index contributed by atoms with van der Waals surface area (Å²) in [6.07, 6.45) is 1.87. The minimum absolute atomic E-state index is 0.251. The van der Waals surface area contributed by atoms with Gasteiger partial charge in [-0.2, -0.15) is 19.5 Å². The van der Waals surface area contributed by atoms with Gasteiger partial charge in [-0.3, -0.25) is 0 Å². The lowest BCUT2D eigenvalue weighted by Crippen LogP contribution is -2.04. The maximum absolute atomic E-state index is 6.08. The van der Waals surface area contributed by atoms with Gasteiger partial charge in [0.05, 0.1) is 5.02 Å². The number of hydrogen-bond acceptors (Lipinski definition) is 6. The second kappa shape index (κ2) is 5.19. The molecule has 20 heavy (non-hydrogen) atoms. The zero-order chi connectivity index (χ0) is 14.3. The second-order valence-corrected chi connectivity index (χ2v) is 5.88. The van der Waals surface area contributed by atoms with E-state index in [1.54, 1.807) is 6.07 Å². The van der Waals surface area contributed by atoms with Crippen LogP contribution in [0, 0.1) is 0 Å². The summed E-state index contributed by atoms with van der Waals surface area (Å²) >= 11 is 10.8. The summed E-state index contributed by atoms with van der Waals surface area (Å²) in [4.78, 5) is 12.7. The molecule has 3 aromatic rings. The molecule has 0 amide bonds. The fraction of sp³-hybridized carbons (Fsp3) is 0.0909. The van der Waals surface area contributed by atoms with Gasteiger partial charge in [-0.25, -0.2) is 0 Å². The summed E-state index contributed by atoms with van der Waals surface area (Å²) in [6, 6.07) is 5.48. The molecule has 9 heteroatoms. The summed E-state index contributed by atoms with van der Waals surface area (Å²) in [7, 11) is 0. The van der Waals surface area contributed by atoms with Crippen molar-refractivity contribution in [3.8, 4) is 11.4 Å². The van der Waals surface area contributed by atoms with E-state index >= 15 is 0 Å². The van der Waals surface area contributed by atoms with Crippen molar-refractivity contribution in [3.05, 3.63) is 27.7 Å². The van der Waals surface area contributed by atoms with Gasteiger partial charge in [0, 0.05) is 10.0 Å². The van der Waals surface area contributed by atoms with Crippen molar-refractivity contribution in [2.45, 2.75) is 5.16 Å². The molecule has 0 unspecified atom stereocenters. The van der Waals surface area contributed by atoms with E-state index in [0.717, 1.165) is 10.0 Å². The number of nitrogens with zero attached hydrogens (tertiary/aromatic N) is 5. The highest BCUT2D eigenvalue weighted by atomic mass is 79.9. The maximum Gasteiger partial charge on any atom is 0.258 e. The Balaban J connectivity index is 2.17. The molecule has 1 aromatic carbocycles. The first-order valence-corrected chi connectivity index (χ1v) is 7.88. The molecular weight excluding hydrogens is 364 g/mol. The third-order valence-electron chi connectivity index (χ3n) is 2.57. The van der Waals surface area contributed by atoms with E-state index in [1.165, 1.54) is 16.3 Å². The molecule has 102 valence electrons. The van der Waals surface area contributed by atoms with Crippen molar-refractivity contribution in [1.82, 2.24) is 24.6 Å². The van der Waals surface area contributed by atoms with Crippen LogP contribution in [0.3, 0.4) is 0 Å². The first-order valence-electron chi connectivity index (χ1n) is 5.48. The quantitative estimate of drug-likeness (QED) is 0.698. The lowest BCUT2D eigenvalue weighted by Gasteiger charge is -1.98. The monoisotopic (exact) mass is 370 g/mol. The van der Waals surface area contributed by atoms with Crippen LogP contribution >= 0.6 is 39.3 Å². The summed E-state index contributed by atoms with van der Waals surface area (Å²) in [6.45, 7) is 0. The number of nitrogen functional groups attached to an aromatic ring is 1. The number of benzene rings is 1. The lowest BCUT2D eigenvalue weighted by atomic mass is 10.2. The Labute approximate surface area is 131 Å². The predicted molar refractivity (Wildman–Crippen MR) is 82.9 cm³/mol. The minimum Gasteiger partial charge on any atom is -0.368 e. The van der Waals surface area contributed by atoms with Crippen molar-refractivity contribution in [1.29, 1.82) is 0 Å². The highest BCUT2D eigenvalue weighted by Gasteiger charge is 2.12. The predicted octanol–water partition coefficient (Wildman–Crippen LogP) is 2.91. The zero-order valence-corrected chi connectivity index (χ0v) is 13.4. The van der Waals surface area contributed by atoms with E-state index in [2.05, 4.69) is 36.0 Å². The van der Waals surface area contributed by atoms with Crippen LogP contribution in [0.25, 0.3) is 17.2 Å². The van der Waals surface area contributed by atoms with Crippen LogP contribution in [0.2, 0.25) is 5.02 Å². The number of nitrogens with two attached hydrogens (primary N) is 1. The van der Waals surface area contributed by atoms with Gasteiger partial charge in [0.2, 0.25) is 5.95 Å². The van der Waals surface area contributed by atoms with Crippen molar-refractivity contribution >= 4 is 51.0 Å². The van der Waals surface area contributed by atoms with E-state index in [1.807, 2.05) is 18.4 Å². The number of halogens is 2. The highest BCUT2D eigenvalue weighted by molar-refractivity contribution is 9.10. The fourth-order valence-electron chi connectivity index (χ4n) is 1.63. The lowest BCUT2D eigenvalue weighted by molar-refractivity contribution is 0.851. The molecule has 0 aliphatic rings. The first kappa shape index (κ1) is 13.6. The molecule has 0 fully saturated rings. The summed E-state index contributed by atoms with van der Waals surface area (Å²) in [5.74, 6) is 1.16. The standard InChI is InChI=1S/C11H8BrClN6S/c1-20-11-16-9(14)19-10(17-11)15-8(18-19)5-2-3-6(12)7(13)4-5/h2-4H,1H3,(H2,14,15,16,17,18). The van der Waals surface area contributed by atoms with Crippen molar-refractivity contribution in [2.75, 3.05) is 12.0 Å². The topological polar surface area (TPSA) is 82.0 Å². The van der Waals surface area contributed by atoms with Gasteiger partial charge in [-0.1, -0.05) is 23.4 Å². The van der Waals surface area contributed by atoms with Gasteiger partial charge >= 0.3 is 0 Å². The smallest absolute Gasteiger partial charge is 0.258 e. The second-order valence-electron chi connectivity index (χ2n) is 3.84. The number of hydrogen-bond donors (Lipinski definition) is 1. The largest absolute Gasteiger partial charge is 0.368 e. The van der Waals surface area contributed by atoms with Gasteiger partial charge in [-0.15, -0.1) is 5.10 Å². The molecule has 2 N–H and O–H groups in total. The molecule has 0 aliphatic carbocycles. The van der Waals surface area contributed by atoms with Crippen LogP contribution in [0.5, 0.6) is 0 Å². The Morgan fingerprint density at radius 3 is 2.80 bits per heavy atom. The molecule has 3 rings (SSSR count). The number of aromatic nitrogens is 5. The van der Waals surface area contributed by atoms with Gasteiger partial charge < -0.3 is 5.73 Å². The van der Waals surface area contributed by atoms with Gasteiger partial charge in [-0.05, 0) is 40.4 Å². The van der Waals surface area contributed by atoms with Crippen molar-refractivity contribution in [3.63, 3.8) is 0 Å². The summed E-state index contributed by atoms with van der Waals surface area (Å²) in [5.41, 5.74) is 6.63. The normalized spacial score (nSPS) is 11.2. The molecule has 0 bridgehead atoms. The Kier molecular flexibility index (Phi) is 3.53. The Morgan fingerprint density at radius 2 is 2.10 bits per heavy atom. The zero-order valence-electron chi connectivity index (χ0n) is 10.2. The third kappa shape index (κ3) is 2.34. The molecule has 0 radical (unpaired) electrons. The summed E-state index contributed by atoms with van der Waals surface area (Å²) in [5, 5.41) is 5.45. The average molecular weight is 372 g/mol. The van der Waals surface area contributed by atoms with Gasteiger partial charge in [0.15, 0.2) is 11.0 Å².